The Bertz CT molecular complexity index is 351. The fraction of sp³-hybridized carbons (Fsp3) is 0.500. The van der Waals surface area contributed by atoms with Gasteiger partial charge in [-0.25, -0.2) is 0 Å². The molecule has 2 atom stereocenters. The molecule has 0 saturated carbocycles. The monoisotopic (exact) mass is 207 g/mol. The molecule has 0 radical (unpaired) electrons. The second-order valence-corrected chi connectivity index (χ2v) is 3.98. The maximum Gasteiger partial charge on any atom is 0.165 e. The zero-order chi connectivity index (χ0) is 10.8. The number of hydrogen-bond donors (Lipinski definition) is 1. The predicted molar refractivity (Wildman–Crippen MR) is 59.5 cm³/mol. The van der Waals surface area contributed by atoms with Crippen molar-refractivity contribution in [3.8, 4) is 11.5 Å². The van der Waals surface area contributed by atoms with E-state index in [0.717, 1.165) is 17.9 Å². The summed E-state index contributed by atoms with van der Waals surface area (Å²) in [6.07, 6.45) is 1.19. The van der Waals surface area contributed by atoms with Crippen LogP contribution >= 0.6 is 0 Å². The number of nitrogens with two attached hydrogens (primary N) is 1. The van der Waals surface area contributed by atoms with E-state index >= 15 is 0 Å². The van der Waals surface area contributed by atoms with Gasteiger partial charge < -0.3 is 15.2 Å². The lowest BCUT2D eigenvalue weighted by Gasteiger charge is -2.30. The van der Waals surface area contributed by atoms with Gasteiger partial charge in [0.2, 0.25) is 0 Å². The first kappa shape index (κ1) is 10.3. The topological polar surface area (TPSA) is 44.5 Å². The lowest BCUT2D eigenvalue weighted by atomic mass is 9.90. The summed E-state index contributed by atoms with van der Waals surface area (Å²) in [6, 6.07) is 5.98. The fourth-order valence-corrected chi connectivity index (χ4v) is 2.14. The number of methoxy groups -OCH3 is 1. The zero-order valence-electron chi connectivity index (χ0n) is 9.19. The molecule has 1 aliphatic rings. The number of benzene rings is 1. The van der Waals surface area contributed by atoms with Crippen LogP contribution in [0.2, 0.25) is 0 Å². The molecule has 0 bridgehead atoms. The maximum atomic E-state index is 5.81. The van der Waals surface area contributed by atoms with Crippen LogP contribution in [0.1, 0.15) is 24.8 Å². The number of hydrogen-bond acceptors (Lipinski definition) is 3. The molecule has 15 heavy (non-hydrogen) atoms. The summed E-state index contributed by atoms with van der Waals surface area (Å²) in [5, 5.41) is 0. The highest BCUT2D eigenvalue weighted by molar-refractivity contribution is 5.49. The standard InChI is InChI=1S/C12H17NO2/c1-8-6-9(7-13)10-4-3-5-11(14-2)12(10)15-8/h3-5,8-9H,6-7,13H2,1-2H3. The molecular weight excluding hydrogens is 190 g/mol. The van der Waals surface area contributed by atoms with E-state index in [1.807, 2.05) is 12.1 Å². The largest absolute Gasteiger partial charge is 0.493 e. The lowest BCUT2D eigenvalue weighted by Crippen LogP contribution is -2.27. The van der Waals surface area contributed by atoms with E-state index in [2.05, 4.69) is 13.0 Å². The quantitative estimate of drug-likeness (QED) is 0.805. The van der Waals surface area contributed by atoms with E-state index in [1.165, 1.54) is 5.56 Å². The molecule has 0 aromatic heterocycles. The molecule has 0 saturated heterocycles. The Labute approximate surface area is 90.2 Å². The first-order valence-electron chi connectivity index (χ1n) is 5.30. The lowest BCUT2D eigenvalue weighted by molar-refractivity contribution is 0.169. The highest BCUT2D eigenvalue weighted by atomic mass is 16.5. The van der Waals surface area contributed by atoms with Gasteiger partial charge >= 0.3 is 0 Å². The average molecular weight is 207 g/mol. The molecule has 3 heteroatoms. The van der Waals surface area contributed by atoms with Crippen molar-refractivity contribution >= 4 is 0 Å². The first-order valence-corrected chi connectivity index (χ1v) is 5.30. The van der Waals surface area contributed by atoms with Crippen molar-refractivity contribution in [1.82, 2.24) is 0 Å². The molecule has 2 N–H and O–H groups in total. The second-order valence-electron chi connectivity index (χ2n) is 3.98. The minimum Gasteiger partial charge on any atom is -0.493 e. The Morgan fingerprint density at radius 3 is 3.00 bits per heavy atom. The van der Waals surface area contributed by atoms with Crippen LogP contribution in [0.5, 0.6) is 11.5 Å². The number of fused-ring (bicyclic) bond motifs is 1. The van der Waals surface area contributed by atoms with E-state index in [9.17, 15) is 0 Å². The SMILES string of the molecule is COc1cccc2c1OC(C)CC2CN. The van der Waals surface area contributed by atoms with Gasteiger partial charge in [0, 0.05) is 11.5 Å². The highest BCUT2D eigenvalue weighted by Gasteiger charge is 2.27. The molecule has 0 spiro atoms. The van der Waals surface area contributed by atoms with Gasteiger partial charge in [0.25, 0.3) is 0 Å². The Hall–Kier alpha value is -1.22. The van der Waals surface area contributed by atoms with Crippen LogP contribution < -0.4 is 15.2 Å². The Morgan fingerprint density at radius 1 is 1.53 bits per heavy atom. The molecule has 0 amide bonds. The highest BCUT2D eigenvalue weighted by Crippen LogP contribution is 2.41. The van der Waals surface area contributed by atoms with E-state index in [0.29, 0.717) is 12.5 Å². The van der Waals surface area contributed by atoms with Crippen molar-refractivity contribution in [3.05, 3.63) is 23.8 Å². The van der Waals surface area contributed by atoms with Crippen LogP contribution in [0.3, 0.4) is 0 Å². The van der Waals surface area contributed by atoms with Crippen molar-refractivity contribution < 1.29 is 9.47 Å². The van der Waals surface area contributed by atoms with Gasteiger partial charge in [0.05, 0.1) is 13.2 Å². The smallest absolute Gasteiger partial charge is 0.165 e. The summed E-state index contributed by atoms with van der Waals surface area (Å²) in [4.78, 5) is 0. The van der Waals surface area contributed by atoms with Gasteiger partial charge in [-0.05, 0) is 26.0 Å². The van der Waals surface area contributed by atoms with E-state index in [4.69, 9.17) is 15.2 Å². The van der Waals surface area contributed by atoms with Gasteiger partial charge in [-0.15, -0.1) is 0 Å². The van der Waals surface area contributed by atoms with Gasteiger partial charge in [-0.2, -0.15) is 0 Å². The summed E-state index contributed by atoms with van der Waals surface area (Å²) in [5.41, 5.74) is 6.95. The van der Waals surface area contributed by atoms with Crippen LogP contribution in [0.25, 0.3) is 0 Å². The van der Waals surface area contributed by atoms with Crippen molar-refractivity contribution in [2.75, 3.05) is 13.7 Å². The van der Waals surface area contributed by atoms with Crippen molar-refractivity contribution in [1.29, 1.82) is 0 Å². The number of rotatable bonds is 2. The van der Waals surface area contributed by atoms with E-state index in [-0.39, 0.29) is 6.10 Å². The van der Waals surface area contributed by atoms with Crippen molar-refractivity contribution in [3.63, 3.8) is 0 Å². The minimum absolute atomic E-state index is 0.211. The van der Waals surface area contributed by atoms with Crippen LogP contribution in [-0.2, 0) is 0 Å². The summed E-state index contributed by atoms with van der Waals surface area (Å²) >= 11 is 0. The Balaban J connectivity index is 2.45. The Kier molecular flexibility index (Phi) is 2.82. The second kappa shape index (κ2) is 4.11. The molecule has 2 rings (SSSR count). The molecule has 1 heterocycles. The third kappa shape index (κ3) is 1.79. The van der Waals surface area contributed by atoms with E-state index < -0.39 is 0 Å². The van der Waals surface area contributed by atoms with Gasteiger partial charge in [-0.1, -0.05) is 12.1 Å². The van der Waals surface area contributed by atoms with E-state index in [1.54, 1.807) is 7.11 Å². The third-order valence-electron chi connectivity index (χ3n) is 2.89. The molecule has 0 aliphatic carbocycles. The molecule has 1 aromatic rings. The molecule has 1 aliphatic heterocycles. The summed E-state index contributed by atoms with van der Waals surface area (Å²) in [6.45, 7) is 2.73. The minimum atomic E-state index is 0.211. The van der Waals surface area contributed by atoms with Crippen LogP contribution in [0.4, 0.5) is 0 Å². The molecule has 82 valence electrons. The molecule has 2 unspecified atom stereocenters. The van der Waals surface area contributed by atoms with Crippen molar-refractivity contribution in [2.45, 2.75) is 25.4 Å². The number of para-hydroxylation sites is 1. The fourth-order valence-electron chi connectivity index (χ4n) is 2.14. The van der Waals surface area contributed by atoms with Crippen molar-refractivity contribution in [2.24, 2.45) is 5.73 Å². The molecule has 3 nitrogen and oxygen atoms in total. The van der Waals surface area contributed by atoms with Gasteiger partial charge in [-0.3, -0.25) is 0 Å². The van der Waals surface area contributed by atoms with Crippen LogP contribution in [0, 0.1) is 0 Å². The van der Waals surface area contributed by atoms with Gasteiger partial charge in [0.15, 0.2) is 11.5 Å². The van der Waals surface area contributed by atoms with Crippen LogP contribution in [0.15, 0.2) is 18.2 Å². The molecule has 1 aromatic carbocycles. The zero-order valence-corrected chi connectivity index (χ0v) is 9.19. The molecular formula is C12H17NO2. The summed E-state index contributed by atoms with van der Waals surface area (Å²) in [5.74, 6) is 2.06. The molecule has 0 fully saturated rings. The third-order valence-corrected chi connectivity index (χ3v) is 2.89. The average Bonchev–Trinajstić information content (AvgIpc) is 2.27. The predicted octanol–water partition coefficient (Wildman–Crippen LogP) is 1.91. The normalized spacial score (nSPS) is 24.2. The van der Waals surface area contributed by atoms with Gasteiger partial charge in [0.1, 0.15) is 0 Å². The Morgan fingerprint density at radius 2 is 2.33 bits per heavy atom. The maximum absolute atomic E-state index is 5.81. The van der Waals surface area contributed by atoms with Crippen LogP contribution in [-0.4, -0.2) is 19.8 Å². The summed E-state index contributed by atoms with van der Waals surface area (Å²) < 4.78 is 11.1. The summed E-state index contributed by atoms with van der Waals surface area (Å²) in [7, 11) is 1.66. The first-order chi connectivity index (χ1) is 7.26. The number of ether oxygens (including phenoxy) is 2.